The van der Waals surface area contributed by atoms with Crippen LogP contribution in [-0.4, -0.2) is 29.4 Å². The first-order chi connectivity index (χ1) is 19.2. The molecule has 236 valence electrons. The summed E-state index contributed by atoms with van der Waals surface area (Å²) < 4.78 is 18.8. The molecule has 0 radical (unpaired) electrons. The van der Waals surface area contributed by atoms with Crippen molar-refractivity contribution in [2.75, 3.05) is 21.3 Å². The van der Waals surface area contributed by atoms with Gasteiger partial charge in [0.2, 0.25) is 0 Å². The van der Waals surface area contributed by atoms with Crippen molar-refractivity contribution in [3.63, 3.8) is 0 Å². The molecule has 44 heavy (non-hydrogen) atoms. The summed E-state index contributed by atoms with van der Waals surface area (Å²) in [6.45, 7) is 22.5. The van der Waals surface area contributed by atoms with Gasteiger partial charge in [-0.1, -0.05) is 0 Å². The molecule has 0 aromatic heterocycles. The molecule has 3 aromatic carbocycles. The van der Waals surface area contributed by atoms with Crippen molar-refractivity contribution in [3.8, 4) is 17.2 Å². The van der Waals surface area contributed by atoms with Crippen LogP contribution < -0.4 is 67.0 Å². The molecule has 0 spiro atoms. The summed E-state index contributed by atoms with van der Waals surface area (Å²) in [6.07, 6.45) is 0. The quantitative estimate of drug-likeness (QED) is 0.210. The Labute approximate surface area is 296 Å². The van der Waals surface area contributed by atoms with Crippen molar-refractivity contribution >= 4 is 23.6 Å². The molecule has 0 heterocycles. The summed E-state index contributed by atoms with van der Waals surface area (Å²) in [5.41, 5.74) is 12.8. The molecule has 1 aliphatic rings. The molecule has 0 unspecified atom stereocenters. The Bertz CT molecular complexity index is 1460. The molecule has 4 rings (SSSR count). The second-order valence-electron chi connectivity index (χ2n) is 12.0. The molecule has 0 N–H and O–H groups in total. The van der Waals surface area contributed by atoms with Crippen molar-refractivity contribution in [2.24, 2.45) is 0 Å². The van der Waals surface area contributed by atoms with Gasteiger partial charge in [0.15, 0.2) is 0 Å². The van der Waals surface area contributed by atoms with Crippen LogP contribution in [0, 0.1) is 41.5 Å². The number of ether oxygens (including phenoxy) is 3. The van der Waals surface area contributed by atoms with E-state index >= 15 is 0 Å². The Kier molecular flexibility index (Phi) is 13.6. The third kappa shape index (κ3) is 5.85. The molecule has 0 bridgehead atoms. The van der Waals surface area contributed by atoms with E-state index in [1.807, 2.05) is 21.3 Å². The van der Waals surface area contributed by atoms with Crippen LogP contribution >= 0.6 is 0 Å². The maximum absolute atomic E-state index is 6.38. The van der Waals surface area contributed by atoms with Gasteiger partial charge in [0, 0.05) is 0 Å². The van der Waals surface area contributed by atoms with Gasteiger partial charge < -0.3 is 37.2 Å². The number of methoxy groups -OCH3 is 3. The van der Waals surface area contributed by atoms with Crippen molar-refractivity contribution < 1.29 is 71.9 Å². The molecule has 1 aliphatic carbocycles. The van der Waals surface area contributed by atoms with Crippen LogP contribution in [0.2, 0.25) is 3.34 Å². The van der Waals surface area contributed by atoms with Crippen LogP contribution in [0.15, 0.2) is 58.7 Å². The maximum atomic E-state index is 6.38. The zero-order valence-electron chi connectivity index (χ0n) is 28.3. The van der Waals surface area contributed by atoms with Gasteiger partial charge in [0.1, 0.15) is 0 Å². The number of halogens is 3. The van der Waals surface area contributed by atoms with Gasteiger partial charge in [-0.2, -0.15) is 0 Å². The van der Waals surface area contributed by atoms with Crippen LogP contribution in [0.1, 0.15) is 61.1 Å². The summed E-state index contributed by atoms with van der Waals surface area (Å²) in [5, 5.41) is 3.85. The van der Waals surface area contributed by atoms with Gasteiger partial charge in [-0.3, -0.25) is 0 Å². The smallest absolute Gasteiger partial charge is 1.00 e. The standard InChI is InChI=1S/C36H45O3Si.3ClH.Ti/c1-20-14-23(4)33(30(17-20)37-11)40(36-28(9)26(7)27(8)29(36)10,34-24(5)15-21(2)18-31(34)38-12)35-25(6)16-22(3)19-32(35)39-13;;;;/h14-19H,1-13H3;3*1H;/q;;;;+3/p-3. The largest absolute Gasteiger partial charge is 1.00 e. The van der Waals surface area contributed by atoms with E-state index in [9.17, 15) is 0 Å². The Morgan fingerprint density at radius 3 is 0.955 bits per heavy atom. The van der Waals surface area contributed by atoms with E-state index in [1.54, 1.807) is 0 Å². The van der Waals surface area contributed by atoms with E-state index in [2.05, 4.69) is 126 Å². The van der Waals surface area contributed by atoms with Crippen LogP contribution in [-0.2, 0) is 20.4 Å². The number of hydrogen-bond donors (Lipinski definition) is 0. The molecule has 0 fully saturated rings. The average Bonchev–Trinajstić information content (AvgIpc) is 3.06. The Hall–Kier alpha value is -1.66. The van der Waals surface area contributed by atoms with Gasteiger partial charge in [-0.05, 0) is 0 Å². The molecule has 0 aliphatic heterocycles. The van der Waals surface area contributed by atoms with Crippen LogP contribution in [0.3, 0.4) is 0 Å². The van der Waals surface area contributed by atoms with Crippen molar-refractivity contribution in [2.45, 2.75) is 72.6 Å². The monoisotopic (exact) mass is 706 g/mol. The topological polar surface area (TPSA) is 27.7 Å². The van der Waals surface area contributed by atoms with E-state index in [-0.39, 0.29) is 40.6 Å². The molecular weight excluding hydrogens is 663 g/mol. The zero-order chi connectivity index (χ0) is 30.6. The molecule has 0 atom stereocenters. The molecule has 3 aromatic rings. The predicted octanol–water partition coefficient (Wildman–Crippen LogP) is -2.02. The van der Waals surface area contributed by atoms with E-state index in [0.717, 1.165) is 17.2 Å². The third-order valence-corrected chi connectivity index (χ3v) is 18.5. The minimum absolute atomic E-state index is 0. The second-order valence-corrected chi connectivity index (χ2v) is 17.7. The second kappa shape index (κ2) is 14.8. The number of benzene rings is 3. The summed E-state index contributed by atoms with van der Waals surface area (Å²) >= 11 is 2.49. The number of hydrogen-bond acceptors (Lipinski definition) is 3. The molecule has 0 amide bonds. The Balaban J connectivity index is 0.00000323. The minimum Gasteiger partial charge on any atom is -1.00 e. The normalized spacial score (nSPS) is 14.1. The SMILES string of the molecule is COc1cc(C)cc(C)c1[Si](c1c(C)cc(C)cc1OC)(c1c(C)cc(C)cc1OC)[C]1([Ti+3])C(C)=C(C)C(C)=C1C.[Cl-].[Cl-].[Cl-]. The van der Waals surface area contributed by atoms with Crippen LogP contribution in [0.5, 0.6) is 17.2 Å². The minimum atomic E-state index is -3.21. The van der Waals surface area contributed by atoms with E-state index in [4.69, 9.17) is 14.2 Å². The first kappa shape index (κ1) is 40.4. The molecule has 0 saturated carbocycles. The van der Waals surface area contributed by atoms with Gasteiger partial charge in [-0.15, -0.1) is 0 Å². The Morgan fingerprint density at radius 1 is 0.477 bits per heavy atom. The zero-order valence-corrected chi connectivity index (χ0v) is 33.2. The maximum Gasteiger partial charge on any atom is -1.00 e. The van der Waals surface area contributed by atoms with E-state index < -0.39 is 8.07 Å². The number of rotatable bonds is 7. The summed E-state index contributed by atoms with van der Waals surface area (Å²) in [6, 6.07) is 13.6. The number of aryl methyl sites for hydroxylation is 6. The van der Waals surface area contributed by atoms with Crippen molar-refractivity contribution in [1.82, 2.24) is 0 Å². The van der Waals surface area contributed by atoms with Gasteiger partial charge >= 0.3 is 262 Å². The van der Waals surface area contributed by atoms with Crippen molar-refractivity contribution in [3.05, 3.63) is 92.1 Å². The first-order valence-corrected chi connectivity index (χ1v) is 17.1. The molecule has 8 heteroatoms. The van der Waals surface area contributed by atoms with Crippen molar-refractivity contribution in [1.29, 1.82) is 0 Å². The predicted molar refractivity (Wildman–Crippen MR) is 172 cm³/mol. The van der Waals surface area contributed by atoms with Crippen LogP contribution in [0.25, 0.3) is 0 Å². The fourth-order valence-electron chi connectivity index (χ4n) is 7.62. The van der Waals surface area contributed by atoms with Crippen LogP contribution in [0.4, 0.5) is 0 Å². The van der Waals surface area contributed by atoms with Gasteiger partial charge in [0.05, 0.1) is 0 Å². The first-order valence-electron chi connectivity index (χ1n) is 14.3. The van der Waals surface area contributed by atoms with Gasteiger partial charge in [-0.25, -0.2) is 0 Å². The fourth-order valence-corrected chi connectivity index (χ4v) is 17.0. The summed E-state index contributed by atoms with van der Waals surface area (Å²) in [7, 11) is 2.23. The Morgan fingerprint density at radius 2 is 0.727 bits per heavy atom. The number of allylic oxidation sites excluding steroid dienone is 4. The average molecular weight is 708 g/mol. The fraction of sp³-hybridized carbons (Fsp3) is 0.389. The molecular formula is C36H45Cl3O3SiTi. The van der Waals surface area contributed by atoms with E-state index in [1.165, 1.54) is 71.2 Å². The summed E-state index contributed by atoms with van der Waals surface area (Å²) in [4.78, 5) is 0. The summed E-state index contributed by atoms with van der Waals surface area (Å²) in [5.74, 6) is 2.80. The third-order valence-electron chi connectivity index (χ3n) is 9.49. The van der Waals surface area contributed by atoms with Gasteiger partial charge in [0.25, 0.3) is 0 Å². The molecule has 3 nitrogen and oxygen atoms in total. The van der Waals surface area contributed by atoms with E-state index in [0.29, 0.717) is 0 Å². The molecule has 0 saturated heterocycles.